The van der Waals surface area contributed by atoms with Gasteiger partial charge in [-0.25, -0.2) is 0 Å². The van der Waals surface area contributed by atoms with Crippen molar-refractivity contribution < 1.29 is 13.2 Å². The molecule has 1 atom stereocenters. The lowest BCUT2D eigenvalue weighted by Crippen LogP contribution is -2.25. The standard InChI is InChI=1S/C14H20F3N/c1-10(2)18-9-8-11(3)12-6-4-5-7-13(12)14(15,16)17/h4-7,10-11,18H,8-9H2,1-3H3. The van der Waals surface area contributed by atoms with Gasteiger partial charge in [0, 0.05) is 6.04 Å². The molecule has 0 aromatic heterocycles. The van der Waals surface area contributed by atoms with Gasteiger partial charge in [-0.05, 0) is 30.5 Å². The maximum Gasteiger partial charge on any atom is 0.416 e. The maximum absolute atomic E-state index is 12.8. The average molecular weight is 259 g/mol. The van der Waals surface area contributed by atoms with Gasteiger partial charge in [0.15, 0.2) is 0 Å². The molecule has 1 nitrogen and oxygen atoms in total. The monoisotopic (exact) mass is 259 g/mol. The molecule has 1 N–H and O–H groups in total. The van der Waals surface area contributed by atoms with E-state index in [2.05, 4.69) is 5.32 Å². The Labute approximate surface area is 106 Å². The van der Waals surface area contributed by atoms with Gasteiger partial charge in [0.05, 0.1) is 5.56 Å². The number of hydrogen-bond donors (Lipinski definition) is 1. The lowest BCUT2D eigenvalue weighted by molar-refractivity contribution is -0.138. The first-order valence-electron chi connectivity index (χ1n) is 6.22. The molecule has 18 heavy (non-hydrogen) atoms. The van der Waals surface area contributed by atoms with Gasteiger partial charge in [0.1, 0.15) is 0 Å². The minimum Gasteiger partial charge on any atom is -0.315 e. The molecule has 0 aliphatic rings. The van der Waals surface area contributed by atoms with Crippen molar-refractivity contribution in [3.05, 3.63) is 35.4 Å². The van der Waals surface area contributed by atoms with E-state index in [0.717, 1.165) is 12.6 Å². The van der Waals surface area contributed by atoms with Crippen molar-refractivity contribution in [2.75, 3.05) is 6.54 Å². The highest BCUT2D eigenvalue weighted by atomic mass is 19.4. The third kappa shape index (κ3) is 4.33. The Hall–Kier alpha value is -1.03. The van der Waals surface area contributed by atoms with E-state index in [0.29, 0.717) is 18.0 Å². The molecule has 0 amide bonds. The number of alkyl halides is 3. The van der Waals surface area contributed by atoms with E-state index in [1.165, 1.54) is 6.07 Å². The van der Waals surface area contributed by atoms with Gasteiger partial charge in [-0.1, -0.05) is 39.0 Å². The van der Waals surface area contributed by atoms with E-state index in [4.69, 9.17) is 0 Å². The largest absolute Gasteiger partial charge is 0.416 e. The second kappa shape index (κ2) is 6.23. The minimum atomic E-state index is -4.27. The predicted molar refractivity (Wildman–Crippen MR) is 67.6 cm³/mol. The van der Waals surface area contributed by atoms with Crippen LogP contribution in [-0.2, 0) is 6.18 Å². The molecule has 0 heterocycles. The van der Waals surface area contributed by atoms with Crippen LogP contribution in [0.4, 0.5) is 13.2 Å². The summed E-state index contributed by atoms with van der Waals surface area (Å²) >= 11 is 0. The normalized spacial score (nSPS) is 13.9. The molecule has 0 aliphatic heterocycles. The zero-order valence-corrected chi connectivity index (χ0v) is 11.0. The molecule has 0 aliphatic carbocycles. The third-order valence-electron chi connectivity index (χ3n) is 2.93. The number of hydrogen-bond acceptors (Lipinski definition) is 1. The minimum absolute atomic E-state index is 0.103. The molecule has 0 fully saturated rings. The molecular weight excluding hydrogens is 239 g/mol. The Morgan fingerprint density at radius 3 is 2.28 bits per heavy atom. The van der Waals surface area contributed by atoms with Gasteiger partial charge in [-0.3, -0.25) is 0 Å². The number of halogens is 3. The molecule has 102 valence electrons. The molecule has 0 bridgehead atoms. The SMILES string of the molecule is CC(C)NCCC(C)c1ccccc1C(F)(F)F. The van der Waals surface area contributed by atoms with Crippen molar-refractivity contribution in [3.63, 3.8) is 0 Å². The summed E-state index contributed by atoms with van der Waals surface area (Å²) in [6.07, 6.45) is -3.57. The van der Waals surface area contributed by atoms with Crippen molar-refractivity contribution in [2.24, 2.45) is 0 Å². The van der Waals surface area contributed by atoms with Crippen LogP contribution in [-0.4, -0.2) is 12.6 Å². The van der Waals surface area contributed by atoms with E-state index < -0.39 is 11.7 Å². The van der Waals surface area contributed by atoms with Crippen molar-refractivity contribution in [2.45, 2.75) is 45.3 Å². The highest BCUT2D eigenvalue weighted by molar-refractivity contribution is 5.32. The summed E-state index contributed by atoms with van der Waals surface area (Å²) in [7, 11) is 0. The number of nitrogens with one attached hydrogen (secondary N) is 1. The van der Waals surface area contributed by atoms with Crippen LogP contribution in [0.5, 0.6) is 0 Å². The summed E-state index contributed by atoms with van der Waals surface area (Å²) in [5, 5.41) is 3.22. The van der Waals surface area contributed by atoms with Crippen LogP contribution in [0.1, 0.15) is 44.2 Å². The van der Waals surface area contributed by atoms with Crippen LogP contribution in [0.25, 0.3) is 0 Å². The molecule has 1 aromatic carbocycles. The molecule has 1 unspecified atom stereocenters. The van der Waals surface area contributed by atoms with Crippen LogP contribution in [0.3, 0.4) is 0 Å². The van der Waals surface area contributed by atoms with Crippen molar-refractivity contribution >= 4 is 0 Å². The number of rotatable bonds is 5. The van der Waals surface area contributed by atoms with E-state index >= 15 is 0 Å². The Balaban J connectivity index is 2.76. The van der Waals surface area contributed by atoms with E-state index in [1.54, 1.807) is 12.1 Å². The highest BCUT2D eigenvalue weighted by Crippen LogP contribution is 2.35. The fourth-order valence-corrected chi connectivity index (χ4v) is 1.93. The first kappa shape index (κ1) is 15.0. The number of benzene rings is 1. The topological polar surface area (TPSA) is 12.0 Å². The molecule has 1 rings (SSSR count). The lowest BCUT2D eigenvalue weighted by atomic mass is 9.93. The van der Waals surface area contributed by atoms with Crippen LogP contribution >= 0.6 is 0 Å². The smallest absolute Gasteiger partial charge is 0.315 e. The van der Waals surface area contributed by atoms with Crippen molar-refractivity contribution in [3.8, 4) is 0 Å². The Kier molecular flexibility index (Phi) is 5.20. The summed E-state index contributed by atoms with van der Waals surface area (Å²) in [4.78, 5) is 0. The summed E-state index contributed by atoms with van der Waals surface area (Å²) in [5.41, 5.74) is -0.127. The lowest BCUT2D eigenvalue weighted by Gasteiger charge is -2.19. The summed E-state index contributed by atoms with van der Waals surface area (Å²) in [5.74, 6) is -0.103. The van der Waals surface area contributed by atoms with Gasteiger partial charge in [0.2, 0.25) is 0 Å². The van der Waals surface area contributed by atoms with Gasteiger partial charge in [-0.2, -0.15) is 13.2 Å². The van der Waals surface area contributed by atoms with Crippen LogP contribution in [0, 0.1) is 0 Å². The zero-order valence-electron chi connectivity index (χ0n) is 11.0. The summed E-state index contributed by atoms with van der Waals surface area (Å²) < 4.78 is 38.5. The van der Waals surface area contributed by atoms with Gasteiger partial charge < -0.3 is 5.32 Å². The second-order valence-electron chi connectivity index (χ2n) is 4.88. The fourth-order valence-electron chi connectivity index (χ4n) is 1.93. The van der Waals surface area contributed by atoms with Gasteiger partial charge >= 0.3 is 6.18 Å². The zero-order chi connectivity index (χ0) is 13.8. The molecule has 4 heteroatoms. The fraction of sp³-hybridized carbons (Fsp3) is 0.571. The van der Waals surface area contributed by atoms with E-state index in [1.807, 2.05) is 20.8 Å². The van der Waals surface area contributed by atoms with E-state index in [-0.39, 0.29) is 5.92 Å². The van der Waals surface area contributed by atoms with Crippen LogP contribution in [0.2, 0.25) is 0 Å². The van der Waals surface area contributed by atoms with Crippen LogP contribution in [0.15, 0.2) is 24.3 Å². The molecule has 0 saturated heterocycles. The Morgan fingerprint density at radius 2 is 1.72 bits per heavy atom. The molecule has 0 spiro atoms. The van der Waals surface area contributed by atoms with Gasteiger partial charge in [-0.15, -0.1) is 0 Å². The average Bonchev–Trinajstić information content (AvgIpc) is 2.27. The predicted octanol–water partition coefficient (Wildman–Crippen LogP) is 4.20. The second-order valence-corrected chi connectivity index (χ2v) is 4.88. The van der Waals surface area contributed by atoms with Crippen molar-refractivity contribution in [1.29, 1.82) is 0 Å². The first-order chi connectivity index (χ1) is 8.32. The summed E-state index contributed by atoms with van der Waals surface area (Å²) in [6, 6.07) is 6.18. The molecule has 0 radical (unpaired) electrons. The first-order valence-corrected chi connectivity index (χ1v) is 6.22. The maximum atomic E-state index is 12.8. The molecule has 1 aromatic rings. The van der Waals surface area contributed by atoms with Crippen molar-refractivity contribution in [1.82, 2.24) is 5.32 Å². The van der Waals surface area contributed by atoms with Gasteiger partial charge in [0.25, 0.3) is 0 Å². The van der Waals surface area contributed by atoms with E-state index in [9.17, 15) is 13.2 Å². The molecule has 0 saturated carbocycles. The quantitative estimate of drug-likeness (QED) is 0.835. The summed E-state index contributed by atoms with van der Waals surface area (Å²) in [6.45, 7) is 6.61. The highest BCUT2D eigenvalue weighted by Gasteiger charge is 2.33. The van der Waals surface area contributed by atoms with Crippen LogP contribution < -0.4 is 5.32 Å². The third-order valence-corrected chi connectivity index (χ3v) is 2.93. The molecular formula is C14H20F3N. The Morgan fingerprint density at radius 1 is 1.11 bits per heavy atom. The Bertz CT molecular complexity index is 372.